The molecule has 0 aliphatic rings. The molecule has 0 N–H and O–H groups in total. The van der Waals surface area contributed by atoms with Crippen LogP contribution in [-0.4, -0.2) is 37.2 Å². The molecule has 1 atom stereocenters. The maximum Gasteiger partial charge on any atom is 0.306 e. The van der Waals surface area contributed by atoms with Crippen molar-refractivity contribution in [3.63, 3.8) is 0 Å². The van der Waals surface area contributed by atoms with Crippen LogP contribution >= 0.6 is 0 Å². The van der Waals surface area contributed by atoms with Crippen molar-refractivity contribution in [2.45, 2.75) is 290 Å². The zero-order chi connectivity index (χ0) is 56.4. The first-order chi connectivity index (χ1) is 38.5. The van der Waals surface area contributed by atoms with E-state index in [0.29, 0.717) is 19.3 Å². The number of esters is 3. The summed E-state index contributed by atoms with van der Waals surface area (Å²) < 4.78 is 16.9. The third kappa shape index (κ3) is 62.4. The van der Waals surface area contributed by atoms with Gasteiger partial charge in [0.2, 0.25) is 0 Å². The summed E-state index contributed by atoms with van der Waals surface area (Å²) in [5.41, 5.74) is 0. The molecule has 0 rings (SSSR count). The first-order valence-electron chi connectivity index (χ1n) is 32.2. The average Bonchev–Trinajstić information content (AvgIpc) is 3.44. The summed E-state index contributed by atoms with van der Waals surface area (Å²) in [4.78, 5) is 38.3. The number of carbonyl (C=O) groups is 3. The second-order valence-electron chi connectivity index (χ2n) is 20.9. The van der Waals surface area contributed by atoms with Gasteiger partial charge in [0.25, 0.3) is 0 Å². The summed E-state index contributed by atoms with van der Waals surface area (Å²) in [6.07, 6.45) is 91.7. The van der Waals surface area contributed by atoms with Crippen molar-refractivity contribution in [2.24, 2.45) is 0 Å². The molecule has 0 radical (unpaired) electrons. The second-order valence-corrected chi connectivity index (χ2v) is 20.9. The minimum Gasteiger partial charge on any atom is -0.462 e. The van der Waals surface area contributed by atoms with E-state index in [1.54, 1.807) is 0 Å². The van der Waals surface area contributed by atoms with Crippen LogP contribution in [0.3, 0.4) is 0 Å². The van der Waals surface area contributed by atoms with Crippen LogP contribution in [0.15, 0.2) is 134 Å². The molecule has 0 aromatic carbocycles. The smallest absolute Gasteiger partial charge is 0.306 e. The van der Waals surface area contributed by atoms with Gasteiger partial charge in [-0.15, -0.1) is 0 Å². The molecule has 442 valence electrons. The van der Waals surface area contributed by atoms with Crippen LogP contribution in [-0.2, 0) is 28.6 Å². The van der Waals surface area contributed by atoms with Crippen molar-refractivity contribution < 1.29 is 28.6 Å². The van der Waals surface area contributed by atoms with E-state index >= 15 is 0 Å². The van der Waals surface area contributed by atoms with Crippen molar-refractivity contribution in [1.82, 2.24) is 0 Å². The molecular formula is C72H118O6. The van der Waals surface area contributed by atoms with Crippen molar-refractivity contribution in [2.75, 3.05) is 13.2 Å². The van der Waals surface area contributed by atoms with Crippen LogP contribution < -0.4 is 0 Å². The van der Waals surface area contributed by atoms with Crippen molar-refractivity contribution in [3.8, 4) is 0 Å². The molecule has 0 saturated heterocycles. The van der Waals surface area contributed by atoms with Gasteiger partial charge in [-0.2, -0.15) is 0 Å². The molecule has 1 unspecified atom stereocenters. The molecule has 0 aliphatic carbocycles. The molecule has 0 aromatic rings. The predicted molar refractivity (Wildman–Crippen MR) is 339 cm³/mol. The SMILES string of the molecule is CC/C=C\C/C=C\C/C=C\C/C=C\C/C=C\CCCCCCCCCCCC(=O)OCC(COC(=O)CCCCCCC/C=C\CCCCC)OC(=O)CCCCCCCCC/C=C\C/C=C\C/C=C\C/C=C\C/C=C\CC. The molecule has 0 spiro atoms. The molecule has 0 amide bonds. The Kier molecular flexibility index (Phi) is 61.4. The van der Waals surface area contributed by atoms with Gasteiger partial charge in [-0.1, -0.05) is 264 Å². The number of hydrogen-bond donors (Lipinski definition) is 0. The Balaban J connectivity index is 4.37. The second kappa shape index (κ2) is 65.1. The van der Waals surface area contributed by atoms with Crippen LogP contribution in [0.4, 0.5) is 0 Å². The molecule has 0 saturated carbocycles. The van der Waals surface area contributed by atoms with E-state index in [-0.39, 0.29) is 31.1 Å². The normalized spacial score (nSPS) is 13.0. The minimum absolute atomic E-state index is 0.0917. The topological polar surface area (TPSA) is 78.9 Å². The molecule has 0 bridgehead atoms. The Morgan fingerprint density at radius 3 is 0.795 bits per heavy atom. The lowest BCUT2D eigenvalue weighted by atomic mass is 10.1. The highest BCUT2D eigenvalue weighted by Crippen LogP contribution is 2.15. The highest BCUT2D eigenvalue weighted by Gasteiger charge is 2.19. The van der Waals surface area contributed by atoms with Gasteiger partial charge in [0.1, 0.15) is 13.2 Å². The maximum absolute atomic E-state index is 12.9. The Morgan fingerprint density at radius 1 is 0.269 bits per heavy atom. The molecule has 6 heteroatoms. The highest BCUT2D eigenvalue weighted by molar-refractivity contribution is 5.71. The third-order valence-electron chi connectivity index (χ3n) is 13.4. The van der Waals surface area contributed by atoms with Gasteiger partial charge in [-0.05, 0) is 135 Å². The zero-order valence-corrected chi connectivity index (χ0v) is 50.6. The largest absolute Gasteiger partial charge is 0.462 e. The van der Waals surface area contributed by atoms with E-state index in [4.69, 9.17) is 14.2 Å². The van der Waals surface area contributed by atoms with Gasteiger partial charge in [0.15, 0.2) is 6.10 Å². The van der Waals surface area contributed by atoms with Crippen molar-refractivity contribution >= 4 is 17.9 Å². The van der Waals surface area contributed by atoms with E-state index in [2.05, 4.69) is 154 Å². The fourth-order valence-electron chi connectivity index (χ4n) is 8.61. The van der Waals surface area contributed by atoms with Crippen molar-refractivity contribution in [3.05, 3.63) is 134 Å². The summed E-state index contributed by atoms with van der Waals surface area (Å²) in [6, 6.07) is 0. The quantitative estimate of drug-likeness (QED) is 0.0261. The van der Waals surface area contributed by atoms with E-state index < -0.39 is 6.10 Å². The van der Waals surface area contributed by atoms with E-state index in [9.17, 15) is 14.4 Å². The lowest BCUT2D eigenvalue weighted by Gasteiger charge is -2.18. The van der Waals surface area contributed by atoms with Crippen molar-refractivity contribution in [1.29, 1.82) is 0 Å². The average molecular weight is 1080 g/mol. The van der Waals surface area contributed by atoms with Crippen LogP contribution in [0.5, 0.6) is 0 Å². The van der Waals surface area contributed by atoms with Crippen LogP contribution in [0, 0.1) is 0 Å². The van der Waals surface area contributed by atoms with Gasteiger partial charge in [-0.25, -0.2) is 0 Å². The van der Waals surface area contributed by atoms with Gasteiger partial charge < -0.3 is 14.2 Å². The van der Waals surface area contributed by atoms with E-state index in [0.717, 1.165) is 148 Å². The lowest BCUT2D eigenvalue weighted by molar-refractivity contribution is -0.167. The maximum atomic E-state index is 12.9. The molecule has 78 heavy (non-hydrogen) atoms. The fraction of sp³-hybridized carbons (Fsp3) is 0.653. The van der Waals surface area contributed by atoms with Gasteiger partial charge in [-0.3, -0.25) is 14.4 Å². The van der Waals surface area contributed by atoms with Gasteiger partial charge >= 0.3 is 17.9 Å². The number of hydrogen-bond acceptors (Lipinski definition) is 6. The van der Waals surface area contributed by atoms with Gasteiger partial charge in [0.05, 0.1) is 0 Å². The molecule has 0 fully saturated rings. The third-order valence-corrected chi connectivity index (χ3v) is 13.4. The molecule has 6 nitrogen and oxygen atoms in total. The summed E-state index contributed by atoms with van der Waals surface area (Å²) >= 11 is 0. The Labute approximate surface area is 481 Å². The number of unbranched alkanes of at least 4 members (excludes halogenated alkanes) is 24. The van der Waals surface area contributed by atoms with Crippen LogP contribution in [0.25, 0.3) is 0 Å². The predicted octanol–water partition coefficient (Wildman–Crippen LogP) is 22.2. The Bertz CT molecular complexity index is 1670. The number of carbonyl (C=O) groups excluding carboxylic acids is 3. The standard InChI is InChI=1S/C72H118O6/c1-4-7-10-13-16-19-22-25-27-29-31-33-35-36-38-39-41-43-45-47-50-53-56-59-62-65-71(74)77-68-69(67-76-70(73)64-61-58-55-52-49-24-21-18-15-12-9-6-3)78-72(75)66-63-60-57-54-51-48-46-44-42-40-37-34-32-30-28-26-23-20-17-14-11-8-5-2/h7-8,10-11,16-21,25-28,31-34,36,38,40,42,69H,4-6,9,12-15,22-24,29-30,35,37,39,41,43-68H2,1-3H3/b10-7-,11-8-,19-16-,20-17-,21-18-,27-25-,28-26-,33-31-,34-32-,38-36-,42-40-. The van der Waals surface area contributed by atoms with E-state index in [1.807, 2.05) is 0 Å². The molecular weight excluding hydrogens is 961 g/mol. The Hall–Kier alpha value is -4.45. The highest BCUT2D eigenvalue weighted by atomic mass is 16.6. The first-order valence-corrected chi connectivity index (χ1v) is 32.2. The molecule has 0 aromatic heterocycles. The monoisotopic (exact) mass is 1080 g/mol. The summed E-state index contributed by atoms with van der Waals surface area (Å²) in [5, 5.41) is 0. The van der Waals surface area contributed by atoms with Gasteiger partial charge in [0, 0.05) is 19.3 Å². The molecule has 0 aliphatic heterocycles. The molecule has 0 heterocycles. The summed E-state index contributed by atoms with van der Waals surface area (Å²) in [6.45, 7) is 6.38. The van der Waals surface area contributed by atoms with Crippen LogP contribution in [0.1, 0.15) is 284 Å². The van der Waals surface area contributed by atoms with E-state index in [1.165, 1.54) is 96.3 Å². The summed E-state index contributed by atoms with van der Waals surface area (Å²) in [7, 11) is 0. The fourth-order valence-corrected chi connectivity index (χ4v) is 8.61. The summed E-state index contributed by atoms with van der Waals surface area (Å²) in [5.74, 6) is -0.915. The zero-order valence-electron chi connectivity index (χ0n) is 50.6. The first kappa shape index (κ1) is 73.5. The van der Waals surface area contributed by atoms with Crippen LogP contribution in [0.2, 0.25) is 0 Å². The number of allylic oxidation sites excluding steroid dienone is 22. The Morgan fingerprint density at radius 2 is 0.500 bits per heavy atom. The lowest BCUT2D eigenvalue weighted by Crippen LogP contribution is -2.30. The minimum atomic E-state index is -0.796. The number of rotatable bonds is 57. The number of ether oxygens (including phenoxy) is 3.